The van der Waals surface area contributed by atoms with E-state index in [4.69, 9.17) is 12.2 Å². The van der Waals surface area contributed by atoms with Gasteiger partial charge in [0.15, 0.2) is 10.6 Å². The van der Waals surface area contributed by atoms with E-state index in [1.165, 1.54) is 12.1 Å². The molecule has 3 aromatic rings. The number of aromatic amines is 1. The lowest BCUT2D eigenvalue weighted by Gasteiger charge is -2.08. The third kappa shape index (κ3) is 4.19. The predicted octanol–water partition coefficient (Wildman–Crippen LogP) is 4.08. The molecule has 0 aliphatic carbocycles. The Labute approximate surface area is 149 Å². The molecule has 0 bridgehead atoms. The Morgan fingerprint density at radius 1 is 1.20 bits per heavy atom. The summed E-state index contributed by atoms with van der Waals surface area (Å²) in [5, 5.41) is 9.75. The molecule has 0 aliphatic rings. The number of benzene rings is 2. The molecule has 5 nitrogen and oxygen atoms in total. The third-order valence-corrected chi connectivity index (χ3v) is 4.07. The summed E-state index contributed by atoms with van der Waals surface area (Å²) in [5.74, 6) is 0.145. The van der Waals surface area contributed by atoms with Crippen molar-refractivity contribution in [2.75, 3.05) is 5.32 Å². The van der Waals surface area contributed by atoms with Gasteiger partial charge in [-0.05, 0) is 55.5 Å². The zero-order valence-electron chi connectivity index (χ0n) is 13.6. The molecular weight excluding hydrogens is 339 g/mol. The maximum atomic E-state index is 13.1. The van der Waals surface area contributed by atoms with Crippen LogP contribution in [0.1, 0.15) is 12.0 Å². The smallest absolute Gasteiger partial charge is 0.226 e. The molecule has 25 heavy (non-hydrogen) atoms. The Kier molecular flexibility index (Phi) is 5.04. The minimum atomic E-state index is -0.318. The van der Waals surface area contributed by atoms with Gasteiger partial charge in [0.1, 0.15) is 5.82 Å². The molecule has 1 heterocycles. The van der Waals surface area contributed by atoms with Crippen molar-refractivity contribution in [3.63, 3.8) is 0 Å². The number of carbonyl (C=O) groups is 1. The predicted molar refractivity (Wildman–Crippen MR) is 97.2 cm³/mol. The van der Waals surface area contributed by atoms with Crippen molar-refractivity contribution in [3.8, 4) is 11.4 Å². The van der Waals surface area contributed by atoms with Crippen LogP contribution >= 0.6 is 12.2 Å². The summed E-state index contributed by atoms with van der Waals surface area (Å²) in [7, 11) is 0. The quantitative estimate of drug-likeness (QED) is 0.677. The number of aryl methyl sites for hydroxylation is 1. The summed E-state index contributed by atoms with van der Waals surface area (Å²) in [6, 6.07) is 13.6. The molecule has 0 saturated carbocycles. The van der Waals surface area contributed by atoms with Crippen molar-refractivity contribution < 1.29 is 9.18 Å². The second kappa shape index (κ2) is 7.40. The van der Waals surface area contributed by atoms with Crippen LogP contribution in [0.15, 0.2) is 48.5 Å². The van der Waals surface area contributed by atoms with E-state index < -0.39 is 0 Å². The first kappa shape index (κ1) is 17.0. The zero-order valence-corrected chi connectivity index (χ0v) is 14.4. The highest BCUT2D eigenvalue weighted by Crippen LogP contribution is 2.18. The van der Waals surface area contributed by atoms with Gasteiger partial charge in [0.05, 0.1) is 0 Å². The van der Waals surface area contributed by atoms with Gasteiger partial charge in [-0.3, -0.25) is 14.5 Å². The molecule has 128 valence electrons. The van der Waals surface area contributed by atoms with E-state index in [1.807, 2.05) is 31.2 Å². The van der Waals surface area contributed by atoms with Gasteiger partial charge in [0.2, 0.25) is 5.91 Å². The third-order valence-electron chi connectivity index (χ3n) is 3.76. The minimum Gasteiger partial charge on any atom is -0.326 e. The molecule has 2 aromatic carbocycles. The van der Waals surface area contributed by atoms with Gasteiger partial charge < -0.3 is 5.32 Å². The van der Waals surface area contributed by atoms with E-state index in [0.29, 0.717) is 17.1 Å². The molecule has 0 unspecified atom stereocenters. The van der Waals surface area contributed by atoms with Crippen LogP contribution in [0.4, 0.5) is 10.1 Å². The van der Waals surface area contributed by atoms with Crippen LogP contribution in [0.25, 0.3) is 11.4 Å². The maximum Gasteiger partial charge on any atom is 0.226 e. The van der Waals surface area contributed by atoms with Crippen molar-refractivity contribution in [2.24, 2.45) is 0 Å². The van der Waals surface area contributed by atoms with Gasteiger partial charge in [-0.1, -0.05) is 17.7 Å². The van der Waals surface area contributed by atoms with Crippen molar-refractivity contribution in [2.45, 2.75) is 19.9 Å². The van der Waals surface area contributed by atoms with E-state index in [-0.39, 0.29) is 18.1 Å². The molecule has 3 rings (SSSR count). The van der Waals surface area contributed by atoms with Crippen LogP contribution < -0.4 is 5.32 Å². The SMILES string of the molecule is Cc1ccc(NC(=O)CCn2c(-c3ccc(F)cc3)n[nH]c2=S)cc1. The van der Waals surface area contributed by atoms with E-state index in [2.05, 4.69) is 15.5 Å². The Balaban J connectivity index is 1.70. The monoisotopic (exact) mass is 356 g/mol. The normalized spacial score (nSPS) is 10.6. The standard InChI is InChI=1S/C18H17FN4OS/c1-12-2-8-15(9-3-12)20-16(24)10-11-23-17(21-22-18(23)25)13-4-6-14(19)7-5-13/h2-9H,10-11H2,1H3,(H,20,24)(H,22,25). The molecule has 1 aromatic heterocycles. The molecular formula is C18H17FN4OS. The number of hydrogen-bond donors (Lipinski definition) is 2. The van der Waals surface area contributed by atoms with Gasteiger partial charge in [0.25, 0.3) is 0 Å². The Bertz CT molecular complexity index is 929. The lowest BCUT2D eigenvalue weighted by molar-refractivity contribution is -0.116. The summed E-state index contributed by atoms with van der Waals surface area (Å²) < 4.78 is 15.2. The first-order valence-corrected chi connectivity index (χ1v) is 8.21. The molecule has 0 fully saturated rings. The topological polar surface area (TPSA) is 62.7 Å². The molecule has 7 heteroatoms. The fourth-order valence-corrected chi connectivity index (χ4v) is 2.64. The molecule has 0 atom stereocenters. The van der Waals surface area contributed by atoms with Gasteiger partial charge in [0, 0.05) is 24.2 Å². The first-order valence-electron chi connectivity index (χ1n) is 7.80. The van der Waals surface area contributed by atoms with Gasteiger partial charge in [-0.25, -0.2) is 4.39 Å². The molecule has 1 amide bonds. The number of anilines is 1. The first-order chi connectivity index (χ1) is 12.0. The average Bonchev–Trinajstić information content (AvgIpc) is 2.96. The van der Waals surface area contributed by atoms with Crippen LogP contribution in [0.3, 0.4) is 0 Å². The molecule has 0 aliphatic heterocycles. The summed E-state index contributed by atoms with van der Waals surface area (Å²) in [4.78, 5) is 12.2. The number of H-pyrrole nitrogens is 1. The van der Waals surface area contributed by atoms with E-state index in [9.17, 15) is 9.18 Å². The molecule has 0 saturated heterocycles. The largest absolute Gasteiger partial charge is 0.326 e. The highest BCUT2D eigenvalue weighted by molar-refractivity contribution is 7.71. The maximum absolute atomic E-state index is 13.1. The molecule has 0 radical (unpaired) electrons. The van der Waals surface area contributed by atoms with E-state index in [1.54, 1.807) is 16.7 Å². The molecule has 2 N–H and O–H groups in total. The number of hydrogen-bond acceptors (Lipinski definition) is 3. The Morgan fingerprint density at radius 3 is 2.56 bits per heavy atom. The Morgan fingerprint density at radius 2 is 1.88 bits per heavy atom. The van der Waals surface area contributed by atoms with Crippen LogP contribution in [0.2, 0.25) is 0 Å². The van der Waals surface area contributed by atoms with Crippen molar-refractivity contribution in [1.82, 2.24) is 14.8 Å². The number of aromatic nitrogens is 3. The van der Waals surface area contributed by atoms with Gasteiger partial charge in [-0.2, -0.15) is 5.10 Å². The van der Waals surface area contributed by atoms with Crippen LogP contribution in [-0.4, -0.2) is 20.7 Å². The lowest BCUT2D eigenvalue weighted by atomic mass is 10.2. The van der Waals surface area contributed by atoms with Crippen LogP contribution in [0.5, 0.6) is 0 Å². The fourth-order valence-electron chi connectivity index (χ4n) is 2.42. The zero-order chi connectivity index (χ0) is 17.8. The minimum absolute atomic E-state index is 0.114. The van der Waals surface area contributed by atoms with Crippen molar-refractivity contribution in [1.29, 1.82) is 0 Å². The van der Waals surface area contributed by atoms with Crippen molar-refractivity contribution in [3.05, 3.63) is 64.7 Å². The van der Waals surface area contributed by atoms with E-state index in [0.717, 1.165) is 16.8 Å². The summed E-state index contributed by atoms with van der Waals surface area (Å²) >= 11 is 5.23. The van der Waals surface area contributed by atoms with Gasteiger partial charge in [-0.15, -0.1) is 0 Å². The number of nitrogens with one attached hydrogen (secondary N) is 2. The number of halogens is 1. The number of amides is 1. The summed E-state index contributed by atoms with van der Waals surface area (Å²) in [6.07, 6.45) is 0.246. The number of carbonyl (C=O) groups excluding carboxylic acids is 1. The highest BCUT2D eigenvalue weighted by atomic mass is 32.1. The number of rotatable bonds is 5. The Hall–Kier alpha value is -2.80. The van der Waals surface area contributed by atoms with E-state index >= 15 is 0 Å². The van der Waals surface area contributed by atoms with Crippen LogP contribution in [-0.2, 0) is 11.3 Å². The highest BCUT2D eigenvalue weighted by Gasteiger charge is 2.11. The summed E-state index contributed by atoms with van der Waals surface area (Å²) in [5.41, 5.74) is 2.62. The van der Waals surface area contributed by atoms with Crippen LogP contribution in [0, 0.1) is 17.5 Å². The summed E-state index contributed by atoms with van der Waals surface area (Å²) in [6.45, 7) is 2.36. The lowest BCUT2D eigenvalue weighted by Crippen LogP contribution is -2.15. The average molecular weight is 356 g/mol. The number of nitrogens with zero attached hydrogens (tertiary/aromatic N) is 2. The fraction of sp³-hybridized carbons (Fsp3) is 0.167. The second-order valence-corrected chi connectivity index (χ2v) is 6.06. The van der Waals surface area contributed by atoms with Crippen molar-refractivity contribution >= 4 is 23.8 Å². The molecule has 0 spiro atoms. The van der Waals surface area contributed by atoms with Gasteiger partial charge >= 0.3 is 0 Å². The second-order valence-electron chi connectivity index (χ2n) is 5.68.